The molecule has 5 heteroatoms. The van der Waals surface area contributed by atoms with Crippen LogP contribution < -0.4 is 10.1 Å². The lowest BCUT2D eigenvalue weighted by Gasteiger charge is -2.48. The first-order valence-corrected chi connectivity index (χ1v) is 5.58. The molecule has 0 aromatic carbocycles. The van der Waals surface area contributed by atoms with Crippen LogP contribution in [0.1, 0.15) is 6.42 Å². The van der Waals surface area contributed by atoms with Gasteiger partial charge in [-0.3, -0.25) is 0 Å². The molecule has 3 atom stereocenters. The first kappa shape index (κ1) is 10.2. The molecule has 1 aromatic heterocycles. The molecule has 0 spiro atoms. The zero-order chi connectivity index (χ0) is 8.67. The van der Waals surface area contributed by atoms with Crippen LogP contribution in [-0.2, 0) is 0 Å². The second-order valence-electron chi connectivity index (χ2n) is 3.79. The van der Waals surface area contributed by atoms with Gasteiger partial charge in [0.05, 0.1) is 0 Å². The number of halogens is 1. The predicted octanol–water partition coefficient (Wildman–Crippen LogP) is 1.55. The van der Waals surface area contributed by atoms with E-state index in [2.05, 4.69) is 10.3 Å². The van der Waals surface area contributed by atoms with Crippen LogP contribution in [0.3, 0.4) is 0 Å². The highest BCUT2D eigenvalue weighted by Crippen LogP contribution is 2.39. The number of nitrogens with zero attached hydrogens (tertiary/aromatic N) is 1. The van der Waals surface area contributed by atoms with Crippen LogP contribution in [0.2, 0.25) is 0 Å². The van der Waals surface area contributed by atoms with Crippen LogP contribution in [0.15, 0.2) is 11.6 Å². The molecule has 3 rings (SSSR count). The van der Waals surface area contributed by atoms with E-state index in [1.165, 1.54) is 6.42 Å². The predicted molar refractivity (Wildman–Crippen MR) is 58.2 cm³/mol. The van der Waals surface area contributed by atoms with Crippen molar-refractivity contribution in [2.45, 2.75) is 12.5 Å². The fourth-order valence-corrected chi connectivity index (χ4v) is 2.80. The highest BCUT2D eigenvalue weighted by molar-refractivity contribution is 7.11. The molecule has 0 amide bonds. The van der Waals surface area contributed by atoms with E-state index in [4.69, 9.17) is 4.74 Å². The Morgan fingerprint density at radius 2 is 2.21 bits per heavy atom. The number of fused-ring (bicyclic) bond motifs is 2. The highest BCUT2D eigenvalue weighted by Gasteiger charge is 2.45. The third kappa shape index (κ3) is 1.62. The Balaban J connectivity index is 0.000000750. The number of piperidine rings is 2. The Bertz CT molecular complexity index is 279. The number of nitrogens with one attached hydrogen (secondary N) is 1. The van der Waals surface area contributed by atoms with Crippen molar-refractivity contribution in [3.8, 4) is 5.19 Å². The molecule has 3 nitrogen and oxygen atoms in total. The van der Waals surface area contributed by atoms with Crippen molar-refractivity contribution in [3.05, 3.63) is 11.6 Å². The minimum Gasteiger partial charge on any atom is -0.466 e. The first-order valence-electron chi connectivity index (χ1n) is 4.70. The second kappa shape index (κ2) is 4.04. The minimum atomic E-state index is 0. The van der Waals surface area contributed by atoms with Crippen molar-refractivity contribution in [1.29, 1.82) is 0 Å². The number of rotatable bonds is 2. The van der Waals surface area contributed by atoms with Gasteiger partial charge in [0, 0.05) is 36.5 Å². The van der Waals surface area contributed by atoms with Crippen LogP contribution in [0.4, 0.5) is 0 Å². The summed E-state index contributed by atoms with van der Waals surface area (Å²) >= 11 is 1.59. The summed E-state index contributed by atoms with van der Waals surface area (Å²) in [5.74, 6) is 1.45. The van der Waals surface area contributed by atoms with Crippen LogP contribution >= 0.6 is 23.7 Å². The lowest BCUT2D eigenvalue weighted by atomic mass is 9.69. The molecule has 2 heterocycles. The molecule has 1 saturated heterocycles. The van der Waals surface area contributed by atoms with Gasteiger partial charge in [0.15, 0.2) is 0 Å². The zero-order valence-electron chi connectivity index (χ0n) is 7.68. The lowest BCUT2D eigenvalue weighted by Crippen LogP contribution is -2.59. The summed E-state index contributed by atoms with van der Waals surface area (Å²) in [6.07, 6.45) is 3.57. The molecule has 2 aliphatic rings. The molecule has 1 aliphatic heterocycles. The van der Waals surface area contributed by atoms with Crippen molar-refractivity contribution < 1.29 is 4.74 Å². The third-order valence-corrected chi connectivity index (χ3v) is 3.66. The first-order chi connectivity index (χ1) is 6.43. The summed E-state index contributed by atoms with van der Waals surface area (Å²) in [6.45, 7) is 2.24. The summed E-state index contributed by atoms with van der Waals surface area (Å²) in [7, 11) is 0. The lowest BCUT2D eigenvalue weighted by molar-refractivity contribution is -0.0446. The van der Waals surface area contributed by atoms with E-state index in [0.717, 1.165) is 30.1 Å². The summed E-state index contributed by atoms with van der Waals surface area (Å²) in [5.41, 5.74) is 0. The zero-order valence-corrected chi connectivity index (χ0v) is 9.31. The molecule has 1 saturated carbocycles. The van der Waals surface area contributed by atoms with E-state index in [-0.39, 0.29) is 12.4 Å². The molecule has 1 unspecified atom stereocenters. The van der Waals surface area contributed by atoms with Crippen LogP contribution in [0, 0.1) is 11.8 Å². The Kier molecular flexibility index (Phi) is 2.95. The van der Waals surface area contributed by atoms with Gasteiger partial charge in [-0.15, -0.1) is 12.4 Å². The van der Waals surface area contributed by atoms with Gasteiger partial charge in [-0.25, -0.2) is 4.98 Å². The van der Waals surface area contributed by atoms with Crippen LogP contribution in [0.5, 0.6) is 5.19 Å². The molecular weight excluding hydrogens is 220 g/mol. The minimum absolute atomic E-state index is 0. The fourth-order valence-electron chi connectivity index (χ4n) is 2.28. The van der Waals surface area contributed by atoms with Gasteiger partial charge < -0.3 is 10.1 Å². The van der Waals surface area contributed by atoms with Gasteiger partial charge in [0.2, 0.25) is 0 Å². The van der Waals surface area contributed by atoms with Crippen LogP contribution in [0.25, 0.3) is 0 Å². The van der Waals surface area contributed by atoms with E-state index in [1.807, 2.05) is 5.38 Å². The van der Waals surface area contributed by atoms with Gasteiger partial charge >= 0.3 is 0 Å². The van der Waals surface area contributed by atoms with Crippen molar-refractivity contribution in [1.82, 2.24) is 10.3 Å². The standard InChI is InChI=1S/C9H12N2OS.ClH/c1-2-13-9(11-1)12-8-6-3-7(8)5-10-4-6;/h1-2,6-8,10H,3-5H2;1H/t6-,7+,8?;. The Morgan fingerprint density at radius 3 is 2.79 bits per heavy atom. The van der Waals surface area contributed by atoms with Crippen molar-refractivity contribution >= 4 is 23.7 Å². The SMILES string of the molecule is Cl.c1csc(OC2[C@@H]3CNC[C@H]2C3)n1. The van der Waals surface area contributed by atoms with E-state index in [0.29, 0.717) is 6.10 Å². The van der Waals surface area contributed by atoms with Gasteiger partial charge in [0.1, 0.15) is 6.10 Å². The average Bonchev–Trinajstić information content (AvgIpc) is 2.68. The summed E-state index contributed by atoms with van der Waals surface area (Å²) in [5, 5.41) is 6.19. The topological polar surface area (TPSA) is 34.1 Å². The Labute approximate surface area is 93.3 Å². The van der Waals surface area contributed by atoms with Gasteiger partial charge in [-0.1, -0.05) is 11.3 Å². The highest BCUT2D eigenvalue weighted by atomic mass is 35.5. The van der Waals surface area contributed by atoms with Crippen LogP contribution in [-0.4, -0.2) is 24.2 Å². The molecular formula is C9H13ClN2OS. The summed E-state index contributed by atoms with van der Waals surface area (Å²) in [4.78, 5) is 4.14. The monoisotopic (exact) mass is 232 g/mol. The summed E-state index contributed by atoms with van der Waals surface area (Å²) < 4.78 is 5.82. The fraction of sp³-hybridized carbons (Fsp3) is 0.667. The molecule has 1 aliphatic carbocycles. The molecule has 1 aromatic rings. The average molecular weight is 233 g/mol. The van der Waals surface area contributed by atoms with Gasteiger partial charge in [-0.05, 0) is 6.42 Å². The number of ether oxygens (including phenoxy) is 1. The largest absolute Gasteiger partial charge is 0.466 e. The van der Waals surface area contributed by atoms with Crippen molar-refractivity contribution in [2.75, 3.05) is 13.1 Å². The number of thiazole rings is 1. The molecule has 2 bridgehead atoms. The van der Waals surface area contributed by atoms with Crippen molar-refractivity contribution in [3.63, 3.8) is 0 Å². The molecule has 78 valence electrons. The maximum Gasteiger partial charge on any atom is 0.273 e. The Morgan fingerprint density at radius 1 is 1.43 bits per heavy atom. The molecule has 2 fully saturated rings. The Hall–Kier alpha value is -0.320. The van der Waals surface area contributed by atoms with E-state index in [9.17, 15) is 0 Å². The third-order valence-electron chi connectivity index (χ3n) is 2.99. The number of hydrogen-bond donors (Lipinski definition) is 1. The quantitative estimate of drug-likeness (QED) is 0.840. The molecule has 1 N–H and O–H groups in total. The second-order valence-corrected chi connectivity index (χ2v) is 4.65. The van der Waals surface area contributed by atoms with E-state index in [1.54, 1.807) is 17.5 Å². The number of aromatic nitrogens is 1. The smallest absolute Gasteiger partial charge is 0.273 e. The maximum atomic E-state index is 5.82. The van der Waals surface area contributed by atoms with Gasteiger partial charge in [0.25, 0.3) is 5.19 Å². The molecule has 14 heavy (non-hydrogen) atoms. The van der Waals surface area contributed by atoms with E-state index < -0.39 is 0 Å². The van der Waals surface area contributed by atoms with Gasteiger partial charge in [-0.2, -0.15) is 0 Å². The van der Waals surface area contributed by atoms with Crippen molar-refractivity contribution in [2.24, 2.45) is 11.8 Å². The maximum absolute atomic E-state index is 5.82. The number of hydrogen-bond acceptors (Lipinski definition) is 4. The summed E-state index contributed by atoms with van der Waals surface area (Å²) in [6, 6.07) is 0. The van der Waals surface area contributed by atoms with E-state index >= 15 is 0 Å². The normalized spacial score (nSPS) is 34.1. The molecule has 0 radical (unpaired) electrons.